The molecule has 1 aromatic carbocycles. The number of para-hydroxylation sites is 1. The number of halogens is 1. The van der Waals surface area contributed by atoms with E-state index in [2.05, 4.69) is 31.2 Å². The first-order valence-corrected chi connectivity index (χ1v) is 8.49. The van der Waals surface area contributed by atoms with Gasteiger partial charge in [0.05, 0.1) is 10.7 Å². The molecule has 0 saturated heterocycles. The third-order valence-corrected chi connectivity index (χ3v) is 4.31. The molecule has 0 spiro atoms. The van der Waals surface area contributed by atoms with E-state index in [1.54, 1.807) is 0 Å². The minimum Gasteiger partial charge on any atom is -0.370 e. The molecule has 0 saturated carbocycles. The maximum atomic E-state index is 6.40. The summed E-state index contributed by atoms with van der Waals surface area (Å²) in [4.78, 5) is 2.29. The van der Waals surface area contributed by atoms with Crippen molar-refractivity contribution in [3.05, 3.63) is 28.8 Å². The minimum atomic E-state index is 0.145. The lowest BCUT2D eigenvalue weighted by Crippen LogP contribution is -2.31. The van der Waals surface area contributed by atoms with Crippen LogP contribution >= 0.6 is 23.4 Å². The maximum absolute atomic E-state index is 6.40. The third kappa shape index (κ3) is 4.90. The molecule has 0 aliphatic carbocycles. The van der Waals surface area contributed by atoms with E-state index in [4.69, 9.17) is 17.3 Å². The highest BCUT2D eigenvalue weighted by Crippen LogP contribution is 2.31. The van der Waals surface area contributed by atoms with E-state index in [1.165, 1.54) is 11.3 Å². The lowest BCUT2D eigenvalue weighted by Gasteiger charge is -2.30. The van der Waals surface area contributed by atoms with Crippen molar-refractivity contribution in [1.29, 1.82) is 0 Å². The van der Waals surface area contributed by atoms with E-state index in [1.807, 2.05) is 30.8 Å². The molecule has 0 aliphatic rings. The Labute approximate surface area is 126 Å². The predicted octanol–water partition coefficient (Wildman–Crippen LogP) is 3.81. The van der Waals surface area contributed by atoms with Crippen LogP contribution in [0.2, 0.25) is 5.02 Å². The highest BCUT2D eigenvalue weighted by molar-refractivity contribution is 7.98. The lowest BCUT2D eigenvalue weighted by atomic mass is 10.0. The standard InChI is InChI=1S/C15H25ClN2S/c1-11(17)10-13-6-5-7-14(16)15(13)18(3)12(2)8-9-19-4/h5-7,11-12H,8-10,17H2,1-4H3. The molecule has 0 aromatic heterocycles. The van der Waals surface area contributed by atoms with Crippen LogP contribution in [0.1, 0.15) is 25.8 Å². The molecular formula is C15H25ClN2S. The number of nitrogens with two attached hydrogens (primary N) is 1. The van der Waals surface area contributed by atoms with E-state index in [0.717, 1.165) is 23.6 Å². The van der Waals surface area contributed by atoms with Gasteiger partial charge in [-0.1, -0.05) is 23.7 Å². The number of hydrogen-bond acceptors (Lipinski definition) is 3. The average Bonchev–Trinajstić information content (AvgIpc) is 2.34. The highest BCUT2D eigenvalue weighted by atomic mass is 35.5. The second kappa shape index (κ2) is 8.03. The van der Waals surface area contributed by atoms with Gasteiger partial charge >= 0.3 is 0 Å². The van der Waals surface area contributed by atoms with Crippen molar-refractivity contribution in [1.82, 2.24) is 0 Å². The van der Waals surface area contributed by atoms with Crippen LogP contribution in [0, 0.1) is 0 Å². The first-order chi connectivity index (χ1) is 8.97. The molecule has 2 N–H and O–H groups in total. The number of rotatable bonds is 7. The number of hydrogen-bond donors (Lipinski definition) is 1. The summed E-state index contributed by atoms with van der Waals surface area (Å²) in [6.45, 7) is 4.27. The largest absolute Gasteiger partial charge is 0.370 e. The van der Waals surface area contributed by atoms with Gasteiger partial charge in [0.15, 0.2) is 0 Å². The van der Waals surface area contributed by atoms with Gasteiger partial charge in [-0.25, -0.2) is 0 Å². The zero-order valence-electron chi connectivity index (χ0n) is 12.3. The Morgan fingerprint density at radius 3 is 2.63 bits per heavy atom. The molecule has 4 heteroatoms. The second-order valence-electron chi connectivity index (χ2n) is 5.17. The van der Waals surface area contributed by atoms with Crippen molar-refractivity contribution < 1.29 is 0 Å². The summed E-state index contributed by atoms with van der Waals surface area (Å²) in [5.74, 6) is 1.17. The van der Waals surface area contributed by atoms with Crippen molar-refractivity contribution in [3.8, 4) is 0 Å². The van der Waals surface area contributed by atoms with Crippen LogP contribution in [0.4, 0.5) is 5.69 Å². The molecule has 1 aromatic rings. The van der Waals surface area contributed by atoms with Crippen molar-refractivity contribution in [2.75, 3.05) is 24.0 Å². The van der Waals surface area contributed by atoms with Crippen LogP contribution in [0.5, 0.6) is 0 Å². The Kier molecular flexibility index (Phi) is 7.05. The van der Waals surface area contributed by atoms with Gasteiger partial charge in [0.1, 0.15) is 0 Å². The maximum Gasteiger partial charge on any atom is 0.0642 e. The van der Waals surface area contributed by atoms with Crippen LogP contribution in [-0.4, -0.2) is 31.1 Å². The van der Waals surface area contributed by atoms with E-state index < -0.39 is 0 Å². The molecule has 0 bridgehead atoms. The fraction of sp³-hybridized carbons (Fsp3) is 0.600. The van der Waals surface area contributed by atoms with Crippen molar-refractivity contribution in [2.45, 2.75) is 38.8 Å². The topological polar surface area (TPSA) is 29.3 Å². The van der Waals surface area contributed by atoms with E-state index in [0.29, 0.717) is 6.04 Å². The van der Waals surface area contributed by atoms with E-state index >= 15 is 0 Å². The van der Waals surface area contributed by atoms with Crippen LogP contribution in [0.25, 0.3) is 0 Å². The van der Waals surface area contributed by atoms with Gasteiger partial charge in [-0.2, -0.15) is 11.8 Å². The summed E-state index contributed by atoms with van der Waals surface area (Å²) in [6.07, 6.45) is 4.15. The zero-order chi connectivity index (χ0) is 14.4. The van der Waals surface area contributed by atoms with Crippen LogP contribution in [-0.2, 0) is 6.42 Å². The molecule has 0 heterocycles. The number of nitrogens with zero attached hydrogens (tertiary/aromatic N) is 1. The molecule has 0 fully saturated rings. The summed E-state index contributed by atoms with van der Waals surface area (Å²) in [5, 5.41) is 0.816. The zero-order valence-corrected chi connectivity index (χ0v) is 13.9. The number of benzene rings is 1. The van der Waals surface area contributed by atoms with Crippen molar-refractivity contribution >= 4 is 29.1 Å². The average molecular weight is 301 g/mol. The molecule has 19 heavy (non-hydrogen) atoms. The highest BCUT2D eigenvalue weighted by Gasteiger charge is 2.17. The summed E-state index contributed by atoms with van der Waals surface area (Å²) in [6, 6.07) is 6.71. The van der Waals surface area contributed by atoms with Crippen LogP contribution in [0.3, 0.4) is 0 Å². The van der Waals surface area contributed by atoms with Gasteiger partial charge in [-0.15, -0.1) is 0 Å². The van der Waals surface area contributed by atoms with Crippen molar-refractivity contribution in [2.24, 2.45) is 5.73 Å². The van der Waals surface area contributed by atoms with Gasteiger partial charge in [0.2, 0.25) is 0 Å². The Morgan fingerprint density at radius 1 is 1.37 bits per heavy atom. The molecule has 2 atom stereocenters. The van der Waals surface area contributed by atoms with Gasteiger partial charge in [-0.05, 0) is 50.3 Å². The smallest absolute Gasteiger partial charge is 0.0642 e. The fourth-order valence-electron chi connectivity index (χ4n) is 2.17. The predicted molar refractivity (Wildman–Crippen MR) is 89.7 cm³/mol. The van der Waals surface area contributed by atoms with Gasteiger partial charge < -0.3 is 10.6 Å². The number of anilines is 1. The third-order valence-electron chi connectivity index (χ3n) is 3.37. The number of thioether (sulfide) groups is 1. The Bertz CT molecular complexity index is 396. The molecule has 0 radical (unpaired) electrons. The normalized spacial score (nSPS) is 14.2. The van der Waals surface area contributed by atoms with Gasteiger partial charge in [0.25, 0.3) is 0 Å². The Hall–Kier alpha value is -0.380. The van der Waals surface area contributed by atoms with Gasteiger partial charge in [0, 0.05) is 19.1 Å². The Morgan fingerprint density at radius 2 is 2.05 bits per heavy atom. The SMILES string of the molecule is CSCCC(C)N(C)c1c(Cl)cccc1CC(C)N. The quantitative estimate of drug-likeness (QED) is 0.830. The minimum absolute atomic E-state index is 0.145. The molecule has 108 valence electrons. The first-order valence-electron chi connectivity index (χ1n) is 6.72. The molecule has 2 unspecified atom stereocenters. The fourth-order valence-corrected chi connectivity index (χ4v) is 3.07. The van der Waals surface area contributed by atoms with Crippen LogP contribution < -0.4 is 10.6 Å². The summed E-state index contributed by atoms with van der Waals surface area (Å²) in [5.41, 5.74) is 8.31. The molecule has 2 nitrogen and oxygen atoms in total. The summed E-state index contributed by atoms with van der Waals surface area (Å²) < 4.78 is 0. The Balaban J connectivity index is 2.96. The first kappa shape index (κ1) is 16.7. The molecular weight excluding hydrogens is 276 g/mol. The molecule has 0 aliphatic heterocycles. The van der Waals surface area contributed by atoms with E-state index in [-0.39, 0.29) is 6.04 Å². The van der Waals surface area contributed by atoms with Gasteiger partial charge in [-0.3, -0.25) is 0 Å². The lowest BCUT2D eigenvalue weighted by molar-refractivity contribution is 0.661. The van der Waals surface area contributed by atoms with Crippen LogP contribution in [0.15, 0.2) is 18.2 Å². The second-order valence-corrected chi connectivity index (χ2v) is 6.56. The molecule has 0 amide bonds. The monoisotopic (exact) mass is 300 g/mol. The molecule has 1 rings (SSSR count). The van der Waals surface area contributed by atoms with E-state index in [9.17, 15) is 0 Å². The van der Waals surface area contributed by atoms with Crippen molar-refractivity contribution in [3.63, 3.8) is 0 Å². The summed E-state index contributed by atoms with van der Waals surface area (Å²) in [7, 11) is 2.12. The summed E-state index contributed by atoms with van der Waals surface area (Å²) >= 11 is 8.28.